The first-order valence-electron chi connectivity index (χ1n) is 10.2. The number of halogens is 1. The number of hydrogen-bond acceptors (Lipinski definition) is 3. The van der Waals surface area contributed by atoms with Crippen LogP contribution < -0.4 is 21.7 Å². The van der Waals surface area contributed by atoms with E-state index < -0.39 is 6.10 Å². The van der Waals surface area contributed by atoms with Gasteiger partial charge in [-0.25, -0.2) is 4.57 Å². The zero-order valence-corrected chi connectivity index (χ0v) is 18.2. The number of benzene rings is 3. The van der Waals surface area contributed by atoms with Crippen LogP contribution in [0.4, 0.5) is 0 Å². The molecule has 3 aromatic carbocycles. The number of carbonyl (C=O) groups is 1. The SMILES string of the molecule is O=C(c1ccccc1)c1ccc(OCC(O)C[n+]2ccc(-c3ccccc3)cc2)cc1.[Cl-]. The predicted molar refractivity (Wildman–Crippen MR) is 120 cm³/mol. The number of rotatable bonds is 8. The molecule has 4 aromatic rings. The highest BCUT2D eigenvalue weighted by molar-refractivity contribution is 6.08. The molecule has 0 radical (unpaired) electrons. The van der Waals surface area contributed by atoms with Crippen molar-refractivity contribution in [1.29, 1.82) is 0 Å². The van der Waals surface area contributed by atoms with Crippen molar-refractivity contribution in [3.8, 4) is 16.9 Å². The van der Waals surface area contributed by atoms with Crippen molar-refractivity contribution in [1.82, 2.24) is 0 Å². The van der Waals surface area contributed by atoms with E-state index >= 15 is 0 Å². The van der Waals surface area contributed by atoms with Gasteiger partial charge in [0.1, 0.15) is 18.5 Å². The first-order valence-corrected chi connectivity index (χ1v) is 10.2. The van der Waals surface area contributed by atoms with Crippen molar-refractivity contribution >= 4 is 5.78 Å². The summed E-state index contributed by atoms with van der Waals surface area (Å²) >= 11 is 0. The van der Waals surface area contributed by atoms with Crippen molar-refractivity contribution in [2.24, 2.45) is 0 Å². The fourth-order valence-corrected chi connectivity index (χ4v) is 3.35. The van der Waals surface area contributed by atoms with E-state index in [1.165, 1.54) is 0 Å². The smallest absolute Gasteiger partial charge is 0.193 e. The van der Waals surface area contributed by atoms with Crippen LogP contribution in [-0.2, 0) is 6.54 Å². The molecule has 0 spiro atoms. The molecule has 1 heterocycles. The van der Waals surface area contributed by atoms with E-state index in [4.69, 9.17) is 4.74 Å². The Morgan fingerprint density at radius 1 is 0.750 bits per heavy atom. The standard InChI is InChI=1S/C27H24NO3.ClH/c29-25(19-28-17-15-22(16-18-28)21-7-3-1-4-8-21)20-31-26-13-11-24(12-14-26)27(30)23-9-5-2-6-10-23;/h1-18,25,29H,19-20H2;1H/q+1;/p-1. The largest absolute Gasteiger partial charge is 1.00 e. The Hall–Kier alpha value is -3.47. The minimum Gasteiger partial charge on any atom is -1.00 e. The van der Waals surface area contributed by atoms with Gasteiger partial charge in [0.15, 0.2) is 24.7 Å². The summed E-state index contributed by atoms with van der Waals surface area (Å²) in [5.41, 5.74) is 3.55. The predicted octanol–water partition coefficient (Wildman–Crippen LogP) is 1.32. The summed E-state index contributed by atoms with van der Waals surface area (Å²) in [6.07, 6.45) is 3.25. The van der Waals surface area contributed by atoms with E-state index in [0.29, 0.717) is 23.4 Å². The Bertz CT molecular complexity index is 1120. The maximum atomic E-state index is 12.5. The van der Waals surface area contributed by atoms with Crippen LogP contribution >= 0.6 is 0 Å². The fraction of sp³-hybridized carbons (Fsp3) is 0.111. The molecule has 0 saturated carbocycles. The van der Waals surface area contributed by atoms with Crippen LogP contribution in [0.3, 0.4) is 0 Å². The second kappa shape index (κ2) is 11.2. The second-order valence-electron chi connectivity index (χ2n) is 7.33. The summed E-state index contributed by atoms with van der Waals surface area (Å²) in [5, 5.41) is 10.3. The van der Waals surface area contributed by atoms with Crippen LogP contribution in [0.15, 0.2) is 109 Å². The first kappa shape index (κ1) is 23.2. The molecule has 0 amide bonds. The normalized spacial score (nSPS) is 11.3. The molecule has 1 N–H and O–H groups in total. The molecule has 162 valence electrons. The van der Waals surface area contributed by atoms with E-state index in [-0.39, 0.29) is 24.8 Å². The van der Waals surface area contributed by atoms with Crippen LogP contribution in [0.25, 0.3) is 11.1 Å². The third kappa shape index (κ3) is 6.03. The zero-order chi connectivity index (χ0) is 21.5. The zero-order valence-electron chi connectivity index (χ0n) is 17.5. The minimum absolute atomic E-state index is 0. The number of nitrogens with zero attached hydrogens (tertiary/aromatic N) is 1. The Morgan fingerprint density at radius 2 is 1.28 bits per heavy atom. The van der Waals surface area contributed by atoms with Gasteiger partial charge in [0.05, 0.1) is 0 Å². The van der Waals surface area contributed by atoms with E-state index in [0.717, 1.165) is 11.1 Å². The summed E-state index contributed by atoms with van der Waals surface area (Å²) in [5.74, 6) is 0.593. The Morgan fingerprint density at radius 3 is 1.91 bits per heavy atom. The average Bonchev–Trinajstić information content (AvgIpc) is 2.84. The van der Waals surface area contributed by atoms with Gasteiger partial charge >= 0.3 is 0 Å². The Labute approximate surface area is 194 Å². The number of pyridine rings is 1. The highest BCUT2D eigenvalue weighted by atomic mass is 35.5. The molecule has 0 aliphatic carbocycles. The summed E-state index contributed by atoms with van der Waals surface area (Å²) < 4.78 is 7.63. The summed E-state index contributed by atoms with van der Waals surface area (Å²) in [4.78, 5) is 12.5. The summed E-state index contributed by atoms with van der Waals surface area (Å²) in [6, 6.07) is 30.4. The van der Waals surface area contributed by atoms with Crippen LogP contribution in [0.2, 0.25) is 0 Å². The van der Waals surface area contributed by atoms with Crippen molar-refractivity contribution < 1.29 is 31.6 Å². The number of aliphatic hydroxyl groups is 1. The van der Waals surface area contributed by atoms with E-state index in [2.05, 4.69) is 12.1 Å². The molecule has 0 saturated heterocycles. The monoisotopic (exact) mass is 445 g/mol. The highest BCUT2D eigenvalue weighted by Gasteiger charge is 2.13. The maximum Gasteiger partial charge on any atom is 0.193 e. The number of aromatic nitrogens is 1. The van der Waals surface area contributed by atoms with Gasteiger partial charge in [0.25, 0.3) is 0 Å². The lowest BCUT2D eigenvalue weighted by Crippen LogP contribution is -3.00. The van der Waals surface area contributed by atoms with Gasteiger partial charge in [0, 0.05) is 23.3 Å². The molecule has 1 unspecified atom stereocenters. The van der Waals surface area contributed by atoms with Crippen LogP contribution in [0, 0.1) is 0 Å². The van der Waals surface area contributed by atoms with Crippen molar-refractivity contribution in [2.75, 3.05) is 6.61 Å². The van der Waals surface area contributed by atoms with E-state index in [1.54, 1.807) is 36.4 Å². The molecule has 0 aliphatic rings. The van der Waals surface area contributed by atoms with Crippen LogP contribution in [0.5, 0.6) is 5.75 Å². The average molecular weight is 446 g/mol. The van der Waals surface area contributed by atoms with E-state index in [1.807, 2.05) is 65.5 Å². The van der Waals surface area contributed by atoms with Gasteiger partial charge in [-0.2, -0.15) is 0 Å². The number of aliphatic hydroxyl groups excluding tert-OH is 1. The Kier molecular flexibility index (Phi) is 8.14. The van der Waals surface area contributed by atoms with Gasteiger partial charge in [-0.15, -0.1) is 0 Å². The van der Waals surface area contributed by atoms with Gasteiger partial charge in [-0.3, -0.25) is 4.79 Å². The number of ketones is 1. The first-order chi connectivity index (χ1) is 15.2. The third-order valence-corrected chi connectivity index (χ3v) is 5.01. The molecular formula is C27H24ClNO3. The lowest BCUT2D eigenvalue weighted by atomic mass is 10.0. The summed E-state index contributed by atoms with van der Waals surface area (Å²) in [6.45, 7) is 0.596. The third-order valence-electron chi connectivity index (χ3n) is 5.01. The number of hydrogen-bond donors (Lipinski definition) is 1. The quantitative estimate of drug-likeness (QED) is 0.329. The molecule has 4 rings (SSSR count). The molecule has 1 aromatic heterocycles. The lowest BCUT2D eigenvalue weighted by Gasteiger charge is -2.11. The maximum absolute atomic E-state index is 12.5. The number of carbonyl (C=O) groups excluding carboxylic acids is 1. The molecule has 4 nitrogen and oxygen atoms in total. The lowest BCUT2D eigenvalue weighted by molar-refractivity contribution is -0.703. The van der Waals surface area contributed by atoms with Crippen LogP contribution in [0.1, 0.15) is 15.9 Å². The second-order valence-corrected chi connectivity index (χ2v) is 7.33. The van der Waals surface area contributed by atoms with Gasteiger partial charge in [-0.1, -0.05) is 60.7 Å². The van der Waals surface area contributed by atoms with Gasteiger partial charge < -0.3 is 22.3 Å². The number of ether oxygens (including phenoxy) is 1. The highest BCUT2D eigenvalue weighted by Crippen LogP contribution is 2.17. The van der Waals surface area contributed by atoms with Crippen LogP contribution in [-0.4, -0.2) is 23.6 Å². The topological polar surface area (TPSA) is 50.4 Å². The molecule has 5 heteroatoms. The van der Waals surface area contributed by atoms with Crippen molar-refractivity contribution in [2.45, 2.75) is 12.6 Å². The molecular weight excluding hydrogens is 422 g/mol. The molecule has 1 atom stereocenters. The van der Waals surface area contributed by atoms with Crippen molar-refractivity contribution in [3.05, 3.63) is 121 Å². The Balaban J connectivity index is 0.00000289. The van der Waals surface area contributed by atoms with E-state index in [9.17, 15) is 9.90 Å². The molecule has 0 aliphatic heterocycles. The molecule has 32 heavy (non-hydrogen) atoms. The molecule has 0 fully saturated rings. The molecule has 0 bridgehead atoms. The van der Waals surface area contributed by atoms with Gasteiger partial charge in [0.2, 0.25) is 0 Å². The van der Waals surface area contributed by atoms with Gasteiger partial charge in [-0.05, 0) is 35.4 Å². The van der Waals surface area contributed by atoms with Crippen molar-refractivity contribution in [3.63, 3.8) is 0 Å². The summed E-state index contributed by atoms with van der Waals surface area (Å²) in [7, 11) is 0. The fourth-order valence-electron chi connectivity index (χ4n) is 3.35. The minimum atomic E-state index is -0.654.